The molecule has 1 aliphatic rings. The van der Waals surface area contributed by atoms with Crippen molar-refractivity contribution < 1.29 is 24.5 Å². The van der Waals surface area contributed by atoms with Gasteiger partial charge in [-0.05, 0) is 13.8 Å². The minimum Gasteiger partial charge on any atom is -0.504 e. The van der Waals surface area contributed by atoms with Crippen LogP contribution in [0.3, 0.4) is 0 Å². The summed E-state index contributed by atoms with van der Waals surface area (Å²) in [4.78, 5) is 22.5. The van der Waals surface area contributed by atoms with E-state index in [-0.39, 0.29) is 12.2 Å². The number of aliphatic hydroxyl groups excluding tert-OH is 2. The van der Waals surface area contributed by atoms with Crippen LogP contribution in [0, 0.1) is 0 Å². The van der Waals surface area contributed by atoms with Crippen molar-refractivity contribution in [2.24, 2.45) is 0 Å². The van der Waals surface area contributed by atoms with Gasteiger partial charge in [-0.1, -0.05) is 0 Å². The van der Waals surface area contributed by atoms with E-state index < -0.39 is 28.8 Å². The lowest BCUT2D eigenvalue weighted by Gasteiger charge is -2.15. The Bertz CT molecular complexity index is 361. The molecule has 2 N–H and O–H groups in total. The van der Waals surface area contributed by atoms with Crippen LogP contribution in [0.15, 0.2) is 22.9 Å². The fourth-order valence-corrected chi connectivity index (χ4v) is 1.05. The minimum atomic E-state index is -0.860. The maximum atomic E-state index is 11.3. The number of hydrogen-bond donors (Lipinski definition) is 2. The lowest BCUT2D eigenvalue weighted by molar-refractivity contribution is -0.123. The second-order valence-corrected chi connectivity index (χ2v) is 2.74. The molecular formula is C9H10O5. The Hall–Kier alpha value is -1.78. The largest absolute Gasteiger partial charge is 0.504 e. The Labute approximate surface area is 80.3 Å². The standard InChI is InChI=1S/C9H10O5/c1-3-14-9-7(12)5(10)4(2)6(11)8(9)13/h10,13H,3H2,1-2H3. The number of carbonyl (C=O) groups excluding carboxylic acids is 2. The zero-order chi connectivity index (χ0) is 10.9. The van der Waals surface area contributed by atoms with Crippen LogP contribution in [-0.2, 0) is 14.3 Å². The SMILES string of the molecule is CCOC1=C(O)C(=O)C(C)=C(O)C1=O. The molecule has 0 fully saturated rings. The van der Waals surface area contributed by atoms with E-state index >= 15 is 0 Å². The highest BCUT2D eigenvalue weighted by Crippen LogP contribution is 2.22. The van der Waals surface area contributed by atoms with E-state index in [9.17, 15) is 19.8 Å². The molecule has 0 aromatic carbocycles. The Kier molecular flexibility index (Phi) is 2.60. The van der Waals surface area contributed by atoms with Gasteiger partial charge in [0.25, 0.3) is 5.78 Å². The molecule has 14 heavy (non-hydrogen) atoms. The summed E-state index contributed by atoms with van der Waals surface area (Å²) in [5.41, 5.74) is -0.170. The Balaban J connectivity index is 3.19. The van der Waals surface area contributed by atoms with E-state index in [2.05, 4.69) is 0 Å². The summed E-state index contributed by atoms with van der Waals surface area (Å²) >= 11 is 0. The van der Waals surface area contributed by atoms with Crippen LogP contribution in [0.5, 0.6) is 0 Å². The van der Waals surface area contributed by atoms with Crippen LogP contribution < -0.4 is 0 Å². The molecule has 1 aliphatic carbocycles. The summed E-state index contributed by atoms with van der Waals surface area (Å²) in [5, 5.41) is 18.5. The van der Waals surface area contributed by atoms with Gasteiger partial charge in [-0.15, -0.1) is 0 Å². The first kappa shape index (κ1) is 10.3. The lowest BCUT2D eigenvalue weighted by Crippen LogP contribution is -2.24. The maximum Gasteiger partial charge on any atom is 0.266 e. The van der Waals surface area contributed by atoms with Crippen molar-refractivity contribution >= 4 is 11.6 Å². The molecular weight excluding hydrogens is 188 g/mol. The maximum absolute atomic E-state index is 11.3. The number of ether oxygens (including phenoxy) is 1. The van der Waals surface area contributed by atoms with E-state index in [0.29, 0.717) is 0 Å². The molecule has 0 bridgehead atoms. The van der Waals surface area contributed by atoms with Gasteiger partial charge in [0.05, 0.1) is 6.61 Å². The number of aliphatic hydroxyl groups is 2. The molecule has 0 saturated heterocycles. The molecule has 0 unspecified atom stereocenters. The Morgan fingerprint density at radius 2 is 1.71 bits per heavy atom. The minimum absolute atomic E-state index is 0.130. The number of allylic oxidation sites excluding steroid dienone is 1. The number of carbonyl (C=O) groups is 2. The molecule has 0 radical (unpaired) electrons. The van der Waals surface area contributed by atoms with Crippen LogP contribution in [-0.4, -0.2) is 28.4 Å². The zero-order valence-electron chi connectivity index (χ0n) is 7.83. The Morgan fingerprint density at radius 3 is 2.21 bits per heavy atom. The average molecular weight is 198 g/mol. The smallest absolute Gasteiger partial charge is 0.266 e. The molecule has 0 spiro atoms. The van der Waals surface area contributed by atoms with Crippen molar-refractivity contribution in [2.75, 3.05) is 6.61 Å². The summed E-state index contributed by atoms with van der Waals surface area (Å²) in [6, 6.07) is 0. The van der Waals surface area contributed by atoms with Crippen LogP contribution >= 0.6 is 0 Å². The number of Topliss-reactive ketones (excluding diaryl/α,β-unsaturated/α-hetero) is 2. The van der Waals surface area contributed by atoms with Crippen molar-refractivity contribution in [3.63, 3.8) is 0 Å². The third kappa shape index (κ3) is 1.37. The third-order valence-corrected chi connectivity index (χ3v) is 1.84. The normalized spacial score (nSPS) is 17.9. The molecule has 1 rings (SSSR count). The van der Waals surface area contributed by atoms with E-state index in [4.69, 9.17) is 4.74 Å². The highest BCUT2D eigenvalue weighted by molar-refractivity contribution is 6.22. The number of rotatable bonds is 2. The van der Waals surface area contributed by atoms with Gasteiger partial charge in [0, 0.05) is 5.57 Å². The molecule has 0 saturated carbocycles. The predicted octanol–water partition coefficient (Wildman–Crippen LogP) is 0.776. The fourth-order valence-electron chi connectivity index (χ4n) is 1.05. The summed E-state index contributed by atoms with van der Waals surface area (Å²) < 4.78 is 4.76. The van der Waals surface area contributed by atoms with Crippen LogP contribution in [0.4, 0.5) is 0 Å². The van der Waals surface area contributed by atoms with Crippen molar-refractivity contribution in [2.45, 2.75) is 13.8 Å². The first-order valence-electron chi connectivity index (χ1n) is 4.06. The van der Waals surface area contributed by atoms with Crippen LogP contribution in [0.2, 0.25) is 0 Å². The van der Waals surface area contributed by atoms with Crippen molar-refractivity contribution in [1.82, 2.24) is 0 Å². The monoisotopic (exact) mass is 198 g/mol. The first-order valence-corrected chi connectivity index (χ1v) is 4.06. The van der Waals surface area contributed by atoms with Gasteiger partial charge < -0.3 is 14.9 Å². The van der Waals surface area contributed by atoms with Gasteiger partial charge in [0.15, 0.2) is 5.76 Å². The Morgan fingerprint density at radius 1 is 1.14 bits per heavy atom. The second kappa shape index (κ2) is 3.53. The molecule has 0 atom stereocenters. The van der Waals surface area contributed by atoms with Gasteiger partial charge in [-0.25, -0.2) is 0 Å². The van der Waals surface area contributed by atoms with Gasteiger partial charge >= 0.3 is 0 Å². The lowest BCUT2D eigenvalue weighted by atomic mass is 10.00. The summed E-state index contributed by atoms with van der Waals surface area (Å²) in [5.74, 6) is -3.55. The summed E-state index contributed by atoms with van der Waals surface area (Å²) in [6.45, 7) is 2.99. The van der Waals surface area contributed by atoms with Crippen LogP contribution in [0.1, 0.15) is 13.8 Å². The third-order valence-electron chi connectivity index (χ3n) is 1.84. The molecule has 5 nitrogen and oxygen atoms in total. The van der Waals surface area contributed by atoms with E-state index in [1.807, 2.05) is 0 Å². The van der Waals surface area contributed by atoms with Crippen molar-refractivity contribution in [3.8, 4) is 0 Å². The predicted molar refractivity (Wildman–Crippen MR) is 46.6 cm³/mol. The molecule has 0 aromatic heterocycles. The van der Waals surface area contributed by atoms with E-state index in [1.165, 1.54) is 6.92 Å². The second-order valence-electron chi connectivity index (χ2n) is 2.74. The molecule has 76 valence electrons. The molecule has 0 aromatic rings. The average Bonchev–Trinajstić information content (AvgIpc) is 2.19. The first-order chi connectivity index (χ1) is 6.50. The number of ketones is 2. The molecule has 0 heterocycles. The topological polar surface area (TPSA) is 83.8 Å². The van der Waals surface area contributed by atoms with Crippen molar-refractivity contribution in [1.29, 1.82) is 0 Å². The van der Waals surface area contributed by atoms with E-state index in [1.54, 1.807) is 6.92 Å². The van der Waals surface area contributed by atoms with Gasteiger partial charge in [0.1, 0.15) is 0 Å². The van der Waals surface area contributed by atoms with Gasteiger partial charge in [-0.3, -0.25) is 9.59 Å². The van der Waals surface area contributed by atoms with Crippen molar-refractivity contribution in [3.05, 3.63) is 22.9 Å². The molecule has 5 heteroatoms. The van der Waals surface area contributed by atoms with Gasteiger partial charge in [0.2, 0.25) is 17.3 Å². The van der Waals surface area contributed by atoms with E-state index in [0.717, 1.165) is 0 Å². The molecule has 0 aliphatic heterocycles. The highest BCUT2D eigenvalue weighted by Gasteiger charge is 2.33. The van der Waals surface area contributed by atoms with Crippen LogP contribution in [0.25, 0.3) is 0 Å². The van der Waals surface area contributed by atoms with Gasteiger partial charge in [-0.2, -0.15) is 0 Å². The fraction of sp³-hybridized carbons (Fsp3) is 0.333. The highest BCUT2D eigenvalue weighted by atomic mass is 16.5. The summed E-state index contributed by atoms with van der Waals surface area (Å²) in [7, 11) is 0. The zero-order valence-corrected chi connectivity index (χ0v) is 7.83. The quantitative estimate of drug-likeness (QED) is 0.640. The summed E-state index contributed by atoms with van der Waals surface area (Å²) in [6.07, 6.45) is 0. The number of hydrogen-bond acceptors (Lipinski definition) is 5. The molecule has 0 amide bonds.